The number of anilines is 2. The van der Waals surface area contributed by atoms with E-state index in [1.165, 1.54) is 18.2 Å². The van der Waals surface area contributed by atoms with Crippen LogP contribution in [-0.4, -0.2) is 44.3 Å². The van der Waals surface area contributed by atoms with Gasteiger partial charge in [-0.2, -0.15) is 0 Å². The average molecular weight is 403 g/mol. The standard InChI is InChI=1S/C20H25N3O6/c1-4-28-18-9-6-14(12-19(18)29-5-2)22-20(24)16-13-15(23(25)26)7-8-17(16)21-10-11-27-3/h6-9,12-13,21H,4-5,10-11H2,1-3H3,(H,22,24). The van der Waals surface area contributed by atoms with Crippen LogP contribution in [0.25, 0.3) is 0 Å². The van der Waals surface area contributed by atoms with Crippen LogP contribution in [0, 0.1) is 10.1 Å². The number of benzene rings is 2. The van der Waals surface area contributed by atoms with Crippen molar-refractivity contribution in [1.29, 1.82) is 0 Å². The first-order chi connectivity index (χ1) is 14.0. The van der Waals surface area contributed by atoms with E-state index in [0.717, 1.165) is 0 Å². The smallest absolute Gasteiger partial charge is 0.270 e. The van der Waals surface area contributed by atoms with Crippen molar-refractivity contribution in [3.63, 3.8) is 0 Å². The van der Waals surface area contributed by atoms with Crippen molar-refractivity contribution in [3.8, 4) is 11.5 Å². The molecule has 1 amide bonds. The second kappa shape index (κ2) is 10.9. The molecule has 156 valence electrons. The van der Waals surface area contributed by atoms with Gasteiger partial charge in [0.05, 0.1) is 30.3 Å². The fraction of sp³-hybridized carbons (Fsp3) is 0.350. The highest BCUT2D eigenvalue weighted by Crippen LogP contribution is 2.31. The minimum atomic E-state index is -0.542. The van der Waals surface area contributed by atoms with Crippen LogP contribution < -0.4 is 20.1 Å². The Labute approximate surface area is 169 Å². The number of nitrogens with one attached hydrogen (secondary N) is 2. The van der Waals surface area contributed by atoms with Crippen molar-refractivity contribution >= 4 is 23.0 Å². The molecule has 0 heterocycles. The van der Waals surface area contributed by atoms with Crippen LogP contribution in [0.15, 0.2) is 36.4 Å². The number of hydrogen-bond acceptors (Lipinski definition) is 7. The summed E-state index contributed by atoms with van der Waals surface area (Å²) in [4.78, 5) is 23.4. The van der Waals surface area contributed by atoms with Crippen LogP contribution in [0.1, 0.15) is 24.2 Å². The summed E-state index contributed by atoms with van der Waals surface area (Å²) in [6.45, 7) is 5.51. The Morgan fingerprint density at radius 1 is 1.07 bits per heavy atom. The third-order valence-corrected chi connectivity index (χ3v) is 3.88. The molecule has 0 aliphatic carbocycles. The van der Waals surface area contributed by atoms with Crippen LogP contribution in [0.5, 0.6) is 11.5 Å². The molecule has 0 saturated carbocycles. The summed E-state index contributed by atoms with van der Waals surface area (Å²) in [5.41, 5.74) is 0.939. The van der Waals surface area contributed by atoms with Crippen LogP contribution in [-0.2, 0) is 4.74 Å². The van der Waals surface area contributed by atoms with Gasteiger partial charge in [0.25, 0.3) is 11.6 Å². The third-order valence-electron chi connectivity index (χ3n) is 3.88. The van der Waals surface area contributed by atoms with Gasteiger partial charge in [0.1, 0.15) is 0 Å². The topological polar surface area (TPSA) is 112 Å². The first-order valence-corrected chi connectivity index (χ1v) is 9.22. The number of carbonyl (C=O) groups excluding carboxylic acids is 1. The minimum Gasteiger partial charge on any atom is -0.490 e. The first-order valence-electron chi connectivity index (χ1n) is 9.22. The molecular weight excluding hydrogens is 378 g/mol. The molecule has 2 aromatic carbocycles. The maximum absolute atomic E-state index is 12.8. The van der Waals surface area contributed by atoms with E-state index in [9.17, 15) is 14.9 Å². The Kier molecular flexibility index (Phi) is 8.23. The highest BCUT2D eigenvalue weighted by Gasteiger charge is 2.18. The number of nitro benzene ring substituents is 1. The Morgan fingerprint density at radius 3 is 2.45 bits per heavy atom. The number of non-ortho nitro benzene ring substituents is 1. The fourth-order valence-corrected chi connectivity index (χ4v) is 2.60. The van der Waals surface area contributed by atoms with E-state index < -0.39 is 10.8 Å². The van der Waals surface area contributed by atoms with E-state index in [1.54, 1.807) is 25.3 Å². The zero-order chi connectivity index (χ0) is 21.2. The molecule has 0 spiro atoms. The average Bonchev–Trinajstić information content (AvgIpc) is 2.70. The van der Waals surface area contributed by atoms with Crippen molar-refractivity contribution in [2.24, 2.45) is 0 Å². The van der Waals surface area contributed by atoms with Gasteiger partial charge in [-0.05, 0) is 32.0 Å². The summed E-state index contributed by atoms with van der Waals surface area (Å²) in [6.07, 6.45) is 0. The largest absolute Gasteiger partial charge is 0.490 e. The van der Waals surface area contributed by atoms with E-state index >= 15 is 0 Å². The molecule has 0 aromatic heterocycles. The molecule has 2 N–H and O–H groups in total. The second-order valence-electron chi connectivity index (χ2n) is 5.89. The molecule has 0 saturated heterocycles. The van der Waals surface area contributed by atoms with Gasteiger partial charge in [0.2, 0.25) is 0 Å². The molecule has 2 aromatic rings. The molecule has 0 aliphatic rings. The number of rotatable bonds is 11. The molecule has 0 unspecified atom stereocenters. The van der Waals surface area contributed by atoms with Crippen molar-refractivity contribution in [2.45, 2.75) is 13.8 Å². The maximum atomic E-state index is 12.8. The zero-order valence-electron chi connectivity index (χ0n) is 16.7. The Bertz CT molecular complexity index is 856. The van der Waals surface area contributed by atoms with Crippen molar-refractivity contribution in [1.82, 2.24) is 0 Å². The molecule has 0 aliphatic heterocycles. The summed E-state index contributed by atoms with van der Waals surface area (Å²) >= 11 is 0. The monoisotopic (exact) mass is 403 g/mol. The lowest BCUT2D eigenvalue weighted by Crippen LogP contribution is -2.17. The van der Waals surface area contributed by atoms with Gasteiger partial charge >= 0.3 is 0 Å². The highest BCUT2D eigenvalue weighted by atomic mass is 16.6. The Morgan fingerprint density at radius 2 is 1.79 bits per heavy atom. The van der Waals surface area contributed by atoms with E-state index in [0.29, 0.717) is 49.2 Å². The summed E-state index contributed by atoms with van der Waals surface area (Å²) in [7, 11) is 1.56. The lowest BCUT2D eigenvalue weighted by molar-refractivity contribution is -0.384. The van der Waals surface area contributed by atoms with Gasteiger partial charge < -0.3 is 24.8 Å². The zero-order valence-corrected chi connectivity index (χ0v) is 16.7. The quantitative estimate of drug-likeness (QED) is 0.334. The van der Waals surface area contributed by atoms with Gasteiger partial charge in [-0.3, -0.25) is 14.9 Å². The van der Waals surface area contributed by atoms with Crippen molar-refractivity contribution in [2.75, 3.05) is 44.1 Å². The summed E-state index contributed by atoms with van der Waals surface area (Å²) in [6, 6.07) is 9.13. The second-order valence-corrected chi connectivity index (χ2v) is 5.89. The Balaban J connectivity index is 2.29. The number of carbonyl (C=O) groups is 1. The van der Waals surface area contributed by atoms with Crippen molar-refractivity contribution < 1.29 is 23.9 Å². The number of methoxy groups -OCH3 is 1. The van der Waals surface area contributed by atoms with Gasteiger partial charge in [-0.25, -0.2) is 0 Å². The lowest BCUT2D eigenvalue weighted by Gasteiger charge is -2.14. The predicted molar refractivity (Wildman–Crippen MR) is 110 cm³/mol. The number of nitrogens with zero attached hydrogens (tertiary/aromatic N) is 1. The van der Waals surface area contributed by atoms with Crippen LogP contribution in [0.3, 0.4) is 0 Å². The van der Waals surface area contributed by atoms with Gasteiger partial charge in [-0.15, -0.1) is 0 Å². The molecule has 2 rings (SSSR count). The molecule has 9 heteroatoms. The molecule has 0 fully saturated rings. The SMILES string of the molecule is CCOc1ccc(NC(=O)c2cc([N+](=O)[O-])ccc2NCCOC)cc1OCC. The van der Waals surface area contributed by atoms with Gasteiger partial charge in [-0.1, -0.05) is 0 Å². The molecule has 0 radical (unpaired) electrons. The molecular formula is C20H25N3O6. The van der Waals surface area contributed by atoms with Crippen LogP contribution in [0.4, 0.5) is 17.1 Å². The number of nitro groups is 1. The van der Waals surface area contributed by atoms with Crippen LogP contribution >= 0.6 is 0 Å². The third kappa shape index (κ3) is 6.08. The maximum Gasteiger partial charge on any atom is 0.270 e. The number of ether oxygens (including phenoxy) is 3. The molecule has 9 nitrogen and oxygen atoms in total. The van der Waals surface area contributed by atoms with Crippen molar-refractivity contribution in [3.05, 3.63) is 52.1 Å². The summed E-state index contributed by atoms with van der Waals surface area (Å²) < 4.78 is 16.1. The molecule has 0 atom stereocenters. The van der Waals surface area contributed by atoms with Gasteiger partial charge in [0, 0.05) is 43.2 Å². The Hall–Kier alpha value is -3.33. The van der Waals surface area contributed by atoms with E-state index in [2.05, 4.69) is 10.6 Å². The normalized spacial score (nSPS) is 10.3. The first kappa shape index (κ1) is 22.0. The summed E-state index contributed by atoms with van der Waals surface area (Å²) in [5.74, 6) is 0.592. The van der Waals surface area contributed by atoms with E-state index in [4.69, 9.17) is 14.2 Å². The fourth-order valence-electron chi connectivity index (χ4n) is 2.60. The van der Waals surface area contributed by atoms with E-state index in [-0.39, 0.29) is 11.3 Å². The van der Waals surface area contributed by atoms with Crippen LogP contribution in [0.2, 0.25) is 0 Å². The minimum absolute atomic E-state index is 0.155. The van der Waals surface area contributed by atoms with E-state index in [1.807, 2.05) is 13.8 Å². The number of hydrogen-bond donors (Lipinski definition) is 2. The van der Waals surface area contributed by atoms with Gasteiger partial charge in [0.15, 0.2) is 11.5 Å². The lowest BCUT2D eigenvalue weighted by atomic mass is 10.1. The molecule has 0 bridgehead atoms. The predicted octanol–water partition coefficient (Wildman–Crippen LogP) is 3.70. The highest BCUT2D eigenvalue weighted by molar-refractivity contribution is 6.08. The number of amides is 1. The molecule has 29 heavy (non-hydrogen) atoms. The summed E-state index contributed by atoms with van der Waals surface area (Å²) in [5, 5.41) is 16.9.